The molecule has 0 bridgehead atoms. The molecule has 2 rings (SSSR count). The first-order valence-electron chi connectivity index (χ1n) is 8.40. The number of piperidine rings is 1. The lowest BCUT2D eigenvalue weighted by atomic mass is 9.99. The first-order chi connectivity index (χ1) is 11.2. The second-order valence-corrected chi connectivity index (χ2v) is 9.04. The minimum atomic E-state index is -3.51. The number of likely N-dealkylation sites (tertiary alicyclic amines) is 1. The summed E-state index contributed by atoms with van der Waals surface area (Å²) in [7, 11) is -0.527. The third-order valence-electron chi connectivity index (χ3n) is 4.69. The lowest BCUT2D eigenvalue weighted by Gasteiger charge is -2.31. The Morgan fingerprint density at radius 3 is 2.71 bits per heavy atom. The van der Waals surface area contributed by atoms with Gasteiger partial charge in [-0.3, -0.25) is 4.79 Å². The third kappa shape index (κ3) is 4.34. The van der Waals surface area contributed by atoms with Gasteiger partial charge >= 0.3 is 0 Å². The number of carbonyl (C=O) groups is 1. The number of carbonyl (C=O) groups excluding carboxylic acids is 1. The van der Waals surface area contributed by atoms with Crippen LogP contribution in [0.15, 0.2) is 29.2 Å². The van der Waals surface area contributed by atoms with E-state index in [4.69, 9.17) is 0 Å². The molecule has 3 atom stereocenters. The molecule has 134 valence electrons. The van der Waals surface area contributed by atoms with Crippen LogP contribution in [-0.2, 0) is 14.8 Å². The van der Waals surface area contributed by atoms with Crippen molar-refractivity contribution in [1.29, 1.82) is 0 Å². The molecule has 1 aromatic rings. The number of benzene rings is 1. The van der Waals surface area contributed by atoms with Crippen molar-refractivity contribution in [2.75, 3.05) is 32.5 Å². The van der Waals surface area contributed by atoms with Gasteiger partial charge < -0.3 is 10.2 Å². The molecule has 6 nitrogen and oxygen atoms in total. The number of nitrogens with one attached hydrogen (secondary N) is 2. The number of nitrogens with zero attached hydrogens (tertiary/aromatic N) is 1. The highest BCUT2D eigenvalue weighted by Gasteiger charge is 2.29. The Morgan fingerprint density at radius 2 is 2.08 bits per heavy atom. The summed E-state index contributed by atoms with van der Waals surface area (Å²) in [5, 5.41) is 2.86. The van der Waals surface area contributed by atoms with Gasteiger partial charge in [0.25, 0.3) is 5.91 Å². The van der Waals surface area contributed by atoms with Gasteiger partial charge in [-0.2, -0.15) is 0 Å². The van der Waals surface area contributed by atoms with E-state index < -0.39 is 10.0 Å². The fourth-order valence-corrected chi connectivity index (χ4v) is 4.05. The van der Waals surface area contributed by atoms with Crippen LogP contribution >= 0.6 is 0 Å². The van der Waals surface area contributed by atoms with E-state index in [0.717, 1.165) is 23.8 Å². The van der Waals surface area contributed by atoms with Crippen LogP contribution in [0.25, 0.3) is 0 Å². The van der Waals surface area contributed by atoms with Crippen LogP contribution < -0.4 is 10.2 Å². The van der Waals surface area contributed by atoms with Crippen molar-refractivity contribution in [3.05, 3.63) is 24.3 Å². The van der Waals surface area contributed by atoms with Gasteiger partial charge in [-0.1, -0.05) is 13.0 Å². The number of hydrogen-bond donors (Lipinski definition) is 2. The normalized spacial score (nSPS) is 23.0. The average molecular weight is 354 g/mol. The van der Waals surface area contributed by atoms with E-state index in [0.29, 0.717) is 11.6 Å². The van der Waals surface area contributed by atoms with Gasteiger partial charge in [-0.25, -0.2) is 12.7 Å². The summed E-state index contributed by atoms with van der Waals surface area (Å²) >= 11 is 0. The Kier molecular flexibility index (Phi) is 6.01. The lowest BCUT2D eigenvalue weighted by molar-refractivity contribution is -0.922. The van der Waals surface area contributed by atoms with Crippen LogP contribution in [0.2, 0.25) is 0 Å². The molecule has 1 amide bonds. The summed E-state index contributed by atoms with van der Waals surface area (Å²) in [4.78, 5) is 14.0. The third-order valence-corrected chi connectivity index (χ3v) is 6.50. The summed E-state index contributed by atoms with van der Waals surface area (Å²) in [6.07, 6.45) is 2.37. The van der Waals surface area contributed by atoms with E-state index in [1.54, 1.807) is 12.1 Å². The van der Waals surface area contributed by atoms with E-state index in [-0.39, 0.29) is 16.8 Å². The molecule has 1 aromatic carbocycles. The smallest absolute Gasteiger partial charge is 0.282 e. The van der Waals surface area contributed by atoms with Gasteiger partial charge in [0.05, 0.1) is 18.0 Å². The van der Waals surface area contributed by atoms with Crippen LogP contribution in [0.5, 0.6) is 0 Å². The summed E-state index contributed by atoms with van der Waals surface area (Å²) in [6.45, 7) is 6.17. The molecular formula is C17H28N3O3S+. The predicted octanol–water partition coefficient (Wildman–Crippen LogP) is 0.579. The van der Waals surface area contributed by atoms with Gasteiger partial charge in [0.1, 0.15) is 0 Å². The molecule has 7 heteroatoms. The number of hydrogen-bond acceptors (Lipinski definition) is 3. The fraction of sp³-hybridized carbons (Fsp3) is 0.588. The standard InChI is InChI=1S/C17H27N3O3S/c1-13-7-6-10-20(12-13)14(2)17(21)18-15-8-5-9-16(11-15)24(22,23)19(3)4/h5,8-9,11,13-14H,6-7,10,12H2,1-4H3,(H,18,21)/p+1/t13-,14-/m0/s1. The van der Waals surface area contributed by atoms with Crippen molar-refractivity contribution in [2.24, 2.45) is 5.92 Å². The zero-order valence-electron chi connectivity index (χ0n) is 14.9. The highest BCUT2D eigenvalue weighted by atomic mass is 32.2. The van der Waals surface area contributed by atoms with E-state index in [1.807, 2.05) is 6.92 Å². The molecule has 1 aliphatic heterocycles. The highest BCUT2D eigenvalue weighted by Crippen LogP contribution is 2.18. The van der Waals surface area contributed by atoms with E-state index in [9.17, 15) is 13.2 Å². The topological polar surface area (TPSA) is 70.9 Å². The lowest BCUT2D eigenvalue weighted by Crippen LogP contribution is -3.17. The minimum absolute atomic E-state index is 0.0708. The Hall–Kier alpha value is -1.44. The molecule has 0 radical (unpaired) electrons. The number of quaternary nitrogens is 1. The van der Waals surface area contributed by atoms with Crippen molar-refractivity contribution in [3.63, 3.8) is 0 Å². The maximum atomic E-state index is 12.5. The second kappa shape index (κ2) is 7.63. The number of sulfonamides is 1. The van der Waals surface area contributed by atoms with Crippen molar-refractivity contribution < 1.29 is 18.1 Å². The van der Waals surface area contributed by atoms with Crippen molar-refractivity contribution in [2.45, 2.75) is 37.6 Å². The molecule has 1 heterocycles. The summed E-state index contributed by atoms with van der Waals surface area (Å²) < 4.78 is 25.6. The van der Waals surface area contributed by atoms with Crippen LogP contribution in [0.4, 0.5) is 5.69 Å². The molecule has 1 saturated heterocycles. The molecule has 1 aliphatic rings. The van der Waals surface area contributed by atoms with Gasteiger partial charge in [0.15, 0.2) is 6.04 Å². The van der Waals surface area contributed by atoms with Crippen LogP contribution in [0.1, 0.15) is 26.7 Å². The summed E-state index contributed by atoms with van der Waals surface area (Å²) in [5.74, 6) is 0.566. The molecule has 1 unspecified atom stereocenters. The summed E-state index contributed by atoms with van der Waals surface area (Å²) in [5.41, 5.74) is 0.513. The molecule has 1 fully saturated rings. The largest absolute Gasteiger partial charge is 0.325 e. The SMILES string of the molecule is C[C@H]1CCC[NH+]([C@@H](C)C(=O)Nc2cccc(S(=O)(=O)N(C)C)c2)C1. The zero-order valence-corrected chi connectivity index (χ0v) is 15.7. The molecule has 0 aliphatic carbocycles. The Bertz CT molecular complexity index is 688. The van der Waals surface area contributed by atoms with Crippen LogP contribution in [-0.4, -0.2) is 51.9 Å². The Balaban J connectivity index is 2.09. The highest BCUT2D eigenvalue weighted by molar-refractivity contribution is 7.89. The number of amides is 1. The van der Waals surface area contributed by atoms with Gasteiger partial charge in [-0.05, 0) is 38.0 Å². The van der Waals surface area contributed by atoms with E-state index in [1.165, 1.54) is 37.5 Å². The van der Waals surface area contributed by atoms with Crippen LogP contribution in [0, 0.1) is 5.92 Å². The van der Waals surface area contributed by atoms with Crippen LogP contribution in [0.3, 0.4) is 0 Å². The molecular weight excluding hydrogens is 326 g/mol. The first kappa shape index (κ1) is 18.9. The van der Waals surface area contributed by atoms with Gasteiger partial charge in [0, 0.05) is 25.7 Å². The summed E-state index contributed by atoms with van der Waals surface area (Å²) in [6, 6.07) is 6.25. The minimum Gasteiger partial charge on any atom is -0.325 e. The number of rotatable bonds is 5. The monoisotopic (exact) mass is 354 g/mol. The molecule has 2 N–H and O–H groups in total. The van der Waals surface area contributed by atoms with Crippen molar-refractivity contribution in [3.8, 4) is 0 Å². The van der Waals surface area contributed by atoms with E-state index >= 15 is 0 Å². The zero-order chi connectivity index (χ0) is 17.9. The van der Waals surface area contributed by atoms with Crippen molar-refractivity contribution in [1.82, 2.24) is 4.31 Å². The predicted molar refractivity (Wildman–Crippen MR) is 94.5 cm³/mol. The first-order valence-corrected chi connectivity index (χ1v) is 9.84. The molecule has 0 spiro atoms. The second-order valence-electron chi connectivity index (χ2n) is 6.89. The Morgan fingerprint density at radius 1 is 1.38 bits per heavy atom. The Labute approximate surface area is 144 Å². The fourth-order valence-electron chi connectivity index (χ4n) is 3.10. The molecule has 24 heavy (non-hydrogen) atoms. The average Bonchev–Trinajstić information content (AvgIpc) is 2.54. The van der Waals surface area contributed by atoms with Crippen molar-refractivity contribution >= 4 is 21.6 Å². The van der Waals surface area contributed by atoms with Gasteiger partial charge in [-0.15, -0.1) is 0 Å². The maximum absolute atomic E-state index is 12.5. The molecule has 0 aromatic heterocycles. The molecule has 0 saturated carbocycles. The van der Waals surface area contributed by atoms with E-state index in [2.05, 4.69) is 12.2 Å². The maximum Gasteiger partial charge on any atom is 0.282 e. The van der Waals surface area contributed by atoms with Gasteiger partial charge in [0.2, 0.25) is 10.0 Å². The quantitative estimate of drug-likeness (QED) is 0.813. The number of anilines is 1.